The minimum Gasteiger partial charge on any atom is -0.456 e. The predicted octanol–water partition coefficient (Wildman–Crippen LogP) is 13.0. The smallest absolute Gasteiger partial charge is 0.240 e. The van der Waals surface area contributed by atoms with Crippen LogP contribution in [0.3, 0.4) is 0 Å². The molecular weight excluding hydrogens is 699 g/mol. The van der Waals surface area contributed by atoms with Gasteiger partial charge in [0.1, 0.15) is 11.2 Å². The molecule has 6 nitrogen and oxygen atoms in total. The fraction of sp³-hybridized carbons (Fsp3) is 0. The summed E-state index contributed by atoms with van der Waals surface area (Å²) in [6.07, 6.45) is 0. The van der Waals surface area contributed by atoms with Crippen LogP contribution in [0.2, 0.25) is 0 Å². The molecule has 8 aromatic carbocycles. The number of hydrogen-bond acceptors (Lipinski definition) is 4. The van der Waals surface area contributed by atoms with Gasteiger partial charge in [0.2, 0.25) is 11.9 Å². The molecule has 0 saturated heterocycles. The maximum Gasteiger partial charge on any atom is 0.240 e. The fourth-order valence-electron chi connectivity index (χ4n) is 8.63. The Bertz CT molecular complexity index is 3350. The van der Waals surface area contributed by atoms with Crippen molar-refractivity contribution in [3.8, 4) is 45.5 Å². The third kappa shape index (κ3) is 4.87. The molecule has 0 radical (unpaired) electrons. The van der Waals surface area contributed by atoms with Crippen molar-refractivity contribution >= 4 is 65.6 Å². The number of aromatic nitrogens is 5. The molecule has 0 fully saturated rings. The summed E-state index contributed by atoms with van der Waals surface area (Å²) in [5, 5.41) is 6.49. The van der Waals surface area contributed by atoms with Gasteiger partial charge in [-0.1, -0.05) is 152 Å². The molecule has 4 heterocycles. The summed E-state index contributed by atoms with van der Waals surface area (Å²) in [4.78, 5) is 16.3. The van der Waals surface area contributed by atoms with Crippen LogP contribution < -0.4 is 0 Å². The molecule has 266 valence electrons. The molecule has 0 saturated carbocycles. The van der Waals surface area contributed by atoms with Gasteiger partial charge in [-0.05, 0) is 58.7 Å². The Morgan fingerprint density at radius 3 is 1.39 bits per heavy atom. The Labute approximate surface area is 326 Å². The molecule has 0 aliphatic carbocycles. The van der Waals surface area contributed by atoms with E-state index in [2.05, 4.69) is 155 Å². The average molecular weight is 730 g/mol. The second-order valence-corrected chi connectivity index (χ2v) is 14.4. The maximum atomic E-state index is 6.38. The number of benzene rings is 8. The second kappa shape index (κ2) is 12.3. The van der Waals surface area contributed by atoms with Gasteiger partial charge in [-0.15, -0.1) is 0 Å². The lowest BCUT2D eigenvalue weighted by Crippen LogP contribution is -2.10. The highest BCUT2D eigenvalue weighted by Crippen LogP contribution is 2.39. The number of fused-ring (bicyclic) bond motifs is 9. The van der Waals surface area contributed by atoms with E-state index in [9.17, 15) is 0 Å². The number of rotatable bonds is 5. The predicted molar refractivity (Wildman–Crippen MR) is 232 cm³/mol. The monoisotopic (exact) mass is 729 g/mol. The Morgan fingerprint density at radius 1 is 0.333 bits per heavy atom. The van der Waals surface area contributed by atoms with E-state index in [1.54, 1.807) is 0 Å². The van der Waals surface area contributed by atoms with Gasteiger partial charge in [-0.2, -0.15) is 15.0 Å². The average Bonchev–Trinajstić information content (AvgIpc) is 3.94. The van der Waals surface area contributed by atoms with Crippen LogP contribution in [-0.2, 0) is 0 Å². The molecule has 0 amide bonds. The highest BCUT2D eigenvalue weighted by molar-refractivity contribution is 6.13. The topological polar surface area (TPSA) is 61.7 Å². The van der Waals surface area contributed by atoms with E-state index in [1.807, 2.05) is 42.5 Å². The molecule has 0 aliphatic rings. The van der Waals surface area contributed by atoms with E-state index in [0.29, 0.717) is 17.7 Å². The highest BCUT2D eigenvalue weighted by Gasteiger charge is 2.23. The lowest BCUT2D eigenvalue weighted by molar-refractivity contribution is 0.669. The summed E-state index contributed by atoms with van der Waals surface area (Å²) >= 11 is 0. The lowest BCUT2D eigenvalue weighted by Gasteiger charge is -2.13. The van der Waals surface area contributed by atoms with Gasteiger partial charge in [0.15, 0.2) is 5.82 Å². The number of nitrogens with zero attached hydrogens (tertiary/aromatic N) is 5. The first-order valence-corrected chi connectivity index (χ1v) is 19.1. The molecule has 12 aromatic rings. The summed E-state index contributed by atoms with van der Waals surface area (Å²) in [6, 6.07) is 65.6. The molecule has 0 aliphatic heterocycles. The van der Waals surface area contributed by atoms with E-state index in [0.717, 1.165) is 93.4 Å². The largest absolute Gasteiger partial charge is 0.456 e. The van der Waals surface area contributed by atoms with Crippen LogP contribution in [0, 0.1) is 0 Å². The number of para-hydroxylation sites is 3. The van der Waals surface area contributed by atoms with Crippen LogP contribution in [-0.4, -0.2) is 24.1 Å². The molecule has 0 spiro atoms. The zero-order valence-electron chi connectivity index (χ0n) is 30.5. The summed E-state index contributed by atoms with van der Waals surface area (Å²) in [7, 11) is 0. The van der Waals surface area contributed by atoms with Gasteiger partial charge in [0.25, 0.3) is 0 Å². The zero-order chi connectivity index (χ0) is 37.5. The second-order valence-electron chi connectivity index (χ2n) is 14.4. The van der Waals surface area contributed by atoms with Crippen LogP contribution in [0.4, 0.5) is 0 Å². The van der Waals surface area contributed by atoms with Crippen molar-refractivity contribution in [2.75, 3.05) is 0 Å². The van der Waals surface area contributed by atoms with Crippen LogP contribution in [0.25, 0.3) is 111 Å². The molecule has 4 aromatic heterocycles. The molecule has 57 heavy (non-hydrogen) atoms. The summed E-state index contributed by atoms with van der Waals surface area (Å²) in [6.45, 7) is 0. The van der Waals surface area contributed by atoms with Gasteiger partial charge >= 0.3 is 0 Å². The van der Waals surface area contributed by atoms with Crippen molar-refractivity contribution in [2.45, 2.75) is 0 Å². The highest BCUT2D eigenvalue weighted by atomic mass is 16.3. The first-order valence-electron chi connectivity index (χ1n) is 19.1. The van der Waals surface area contributed by atoms with Gasteiger partial charge in [-0.3, -0.25) is 9.13 Å². The summed E-state index contributed by atoms with van der Waals surface area (Å²) < 4.78 is 10.8. The van der Waals surface area contributed by atoms with E-state index < -0.39 is 0 Å². The first-order chi connectivity index (χ1) is 28.3. The number of hydrogen-bond donors (Lipinski definition) is 0. The van der Waals surface area contributed by atoms with Crippen LogP contribution in [0.1, 0.15) is 0 Å². The molecular formula is C51H31N5O. The lowest BCUT2D eigenvalue weighted by atomic mass is 10.0. The normalized spacial score (nSPS) is 11.9. The van der Waals surface area contributed by atoms with Gasteiger partial charge < -0.3 is 4.42 Å². The molecule has 0 bridgehead atoms. The third-order valence-electron chi connectivity index (χ3n) is 11.2. The van der Waals surface area contributed by atoms with Crippen molar-refractivity contribution in [2.24, 2.45) is 0 Å². The SMILES string of the molecule is c1ccc(-c2ccc3c4ccccc4n(-c4nc(-c5cccc6oc7ccccc7c56)nc(-n5c6ccccc6c6ccc(-c7ccccc7)cc65)n4)c3c2)cc1. The molecule has 0 unspecified atom stereocenters. The van der Waals surface area contributed by atoms with E-state index >= 15 is 0 Å². The van der Waals surface area contributed by atoms with Crippen molar-refractivity contribution in [3.63, 3.8) is 0 Å². The fourth-order valence-corrected chi connectivity index (χ4v) is 8.63. The van der Waals surface area contributed by atoms with Gasteiger partial charge in [0, 0.05) is 37.9 Å². The standard InChI is InChI=1S/C51H31N5O/c1-3-14-32(15-4-1)34-26-28-38-36-18-7-10-22-42(36)55(44(38)30-34)50-52-49(41-21-13-25-47-48(41)40-20-9-12-24-46(40)57-47)53-51(54-50)56-43-23-11-8-19-37(43)39-29-27-35(31-45(39)56)33-16-5-2-6-17-33/h1-31H. The molecule has 12 rings (SSSR count). The Balaban J connectivity index is 1.21. The van der Waals surface area contributed by atoms with E-state index in [4.69, 9.17) is 19.4 Å². The molecule has 6 heteroatoms. The first kappa shape index (κ1) is 31.5. The van der Waals surface area contributed by atoms with Gasteiger partial charge in [-0.25, -0.2) is 0 Å². The van der Waals surface area contributed by atoms with Crippen LogP contribution in [0.5, 0.6) is 0 Å². The Hall–Kier alpha value is -7.83. The summed E-state index contributed by atoms with van der Waals surface area (Å²) in [5.74, 6) is 1.62. The van der Waals surface area contributed by atoms with Crippen LogP contribution in [0.15, 0.2) is 192 Å². The minimum absolute atomic E-state index is 0.529. The minimum atomic E-state index is 0.529. The van der Waals surface area contributed by atoms with Gasteiger partial charge in [0.05, 0.1) is 22.1 Å². The number of furan rings is 1. The maximum absolute atomic E-state index is 6.38. The van der Waals surface area contributed by atoms with Crippen molar-refractivity contribution in [3.05, 3.63) is 188 Å². The van der Waals surface area contributed by atoms with Crippen molar-refractivity contribution in [1.29, 1.82) is 0 Å². The summed E-state index contributed by atoms with van der Waals surface area (Å²) in [5.41, 5.74) is 11.1. The molecule has 0 N–H and O–H groups in total. The van der Waals surface area contributed by atoms with Crippen molar-refractivity contribution in [1.82, 2.24) is 24.1 Å². The Morgan fingerprint density at radius 2 is 0.807 bits per heavy atom. The third-order valence-corrected chi connectivity index (χ3v) is 11.2. The van der Waals surface area contributed by atoms with E-state index in [-0.39, 0.29) is 0 Å². The quantitative estimate of drug-likeness (QED) is 0.177. The van der Waals surface area contributed by atoms with Crippen LogP contribution >= 0.6 is 0 Å². The van der Waals surface area contributed by atoms with E-state index in [1.165, 1.54) is 0 Å². The van der Waals surface area contributed by atoms with Crippen molar-refractivity contribution < 1.29 is 4.42 Å². The molecule has 0 atom stereocenters. The zero-order valence-corrected chi connectivity index (χ0v) is 30.5. The Kier molecular flexibility index (Phi) is 6.83.